The third kappa shape index (κ3) is 7.68. The van der Waals surface area contributed by atoms with Crippen LogP contribution in [0.1, 0.15) is 106 Å². The van der Waals surface area contributed by atoms with Gasteiger partial charge in [0.1, 0.15) is 5.56 Å². The molecule has 2 N–H and O–H groups in total. The molecule has 4 nitrogen and oxygen atoms in total. The van der Waals surface area contributed by atoms with Crippen molar-refractivity contribution in [3.8, 4) is 0 Å². The molecule has 0 saturated heterocycles. The minimum atomic E-state index is -1.14. The Labute approximate surface area is 174 Å². The Morgan fingerprint density at radius 3 is 1.90 bits per heavy atom. The number of carboxylic acid groups (broad SMARTS) is 1. The fraction of sp³-hybridized carbons (Fsp3) is 0.600. The molecular weight excluding hydrogens is 362 g/mol. The molecule has 0 spiro atoms. The Balaban J connectivity index is 1.67. The number of benzene rings is 1. The average Bonchev–Trinajstić information content (AvgIpc) is 2.71. The van der Waals surface area contributed by atoms with Crippen molar-refractivity contribution < 1.29 is 9.90 Å². The molecule has 0 radical (unpaired) electrons. The highest BCUT2D eigenvalue weighted by Crippen LogP contribution is 2.16. The lowest BCUT2D eigenvalue weighted by molar-refractivity contribution is 0.0694. The van der Waals surface area contributed by atoms with Gasteiger partial charge in [-0.2, -0.15) is 0 Å². The van der Waals surface area contributed by atoms with Gasteiger partial charge >= 0.3 is 5.97 Å². The summed E-state index contributed by atoms with van der Waals surface area (Å²) in [5.41, 5.74) is 0.802. The Kier molecular flexibility index (Phi) is 10.5. The molecule has 0 aliphatic heterocycles. The van der Waals surface area contributed by atoms with E-state index in [1.807, 2.05) is 12.1 Å². The monoisotopic (exact) mass is 399 g/mol. The highest BCUT2D eigenvalue weighted by atomic mass is 16.4. The van der Waals surface area contributed by atoms with Gasteiger partial charge in [-0.1, -0.05) is 96.1 Å². The summed E-state index contributed by atoms with van der Waals surface area (Å²) in [5.74, 6) is -1.14. The lowest BCUT2D eigenvalue weighted by Crippen LogP contribution is -2.19. The number of hydrogen-bond acceptors (Lipinski definition) is 2. The van der Waals surface area contributed by atoms with Crippen LogP contribution in [0.5, 0.6) is 0 Å². The average molecular weight is 400 g/mol. The maximum Gasteiger partial charge on any atom is 0.341 e. The summed E-state index contributed by atoms with van der Waals surface area (Å²) in [7, 11) is 0. The zero-order chi connectivity index (χ0) is 20.9. The van der Waals surface area contributed by atoms with Crippen molar-refractivity contribution in [3.05, 3.63) is 45.7 Å². The van der Waals surface area contributed by atoms with Crippen LogP contribution in [0, 0.1) is 0 Å². The number of rotatable bonds is 15. The molecule has 1 aromatic carbocycles. The van der Waals surface area contributed by atoms with Crippen molar-refractivity contribution in [2.45, 2.75) is 96.8 Å². The van der Waals surface area contributed by atoms with Gasteiger partial charge in [0.05, 0.1) is 0 Å². The third-order valence-electron chi connectivity index (χ3n) is 5.73. The predicted molar refractivity (Wildman–Crippen MR) is 121 cm³/mol. The lowest BCUT2D eigenvalue weighted by Gasteiger charge is -2.09. The van der Waals surface area contributed by atoms with Gasteiger partial charge in [0.15, 0.2) is 0 Å². The Morgan fingerprint density at radius 2 is 1.34 bits per heavy atom. The molecular formula is C25H37NO3. The van der Waals surface area contributed by atoms with Crippen molar-refractivity contribution >= 4 is 16.9 Å². The van der Waals surface area contributed by atoms with Crippen LogP contribution in [0.3, 0.4) is 0 Å². The van der Waals surface area contributed by atoms with Crippen molar-refractivity contribution in [2.75, 3.05) is 0 Å². The van der Waals surface area contributed by atoms with Crippen LogP contribution < -0.4 is 5.43 Å². The molecule has 160 valence electrons. The number of hydrogen-bond donors (Lipinski definition) is 2. The van der Waals surface area contributed by atoms with E-state index in [4.69, 9.17) is 0 Å². The minimum Gasteiger partial charge on any atom is -0.477 e. The molecule has 0 amide bonds. The number of carbonyl (C=O) groups is 1. The summed E-state index contributed by atoms with van der Waals surface area (Å²) in [6, 6.07) is 7.12. The first-order valence-electron chi connectivity index (χ1n) is 11.5. The number of aryl methyl sites for hydroxylation is 1. The normalized spacial score (nSPS) is 11.2. The zero-order valence-electron chi connectivity index (χ0n) is 18.0. The number of nitrogens with one attached hydrogen (secondary N) is 1. The minimum absolute atomic E-state index is 0.0948. The molecule has 1 heterocycles. The smallest absolute Gasteiger partial charge is 0.341 e. The number of fused-ring (bicyclic) bond motifs is 1. The molecule has 1 aromatic heterocycles. The molecule has 0 unspecified atom stereocenters. The van der Waals surface area contributed by atoms with E-state index in [2.05, 4.69) is 11.9 Å². The molecule has 0 bridgehead atoms. The lowest BCUT2D eigenvalue weighted by atomic mass is 10.0. The number of unbranched alkanes of at least 4 members (excludes halogenated alkanes) is 12. The van der Waals surface area contributed by atoms with E-state index in [1.165, 1.54) is 70.6 Å². The summed E-state index contributed by atoms with van der Waals surface area (Å²) in [6.07, 6.45) is 17.2. The van der Waals surface area contributed by atoms with Gasteiger partial charge in [-0.05, 0) is 25.0 Å². The van der Waals surface area contributed by atoms with Crippen molar-refractivity contribution in [1.82, 2.24) is 4.98 Å². The molecule has 0 atom stereocenters. The highest BCUT2D eigenvalue weighted by Gasteiger charge is 2.17. The molecule has 4 heteroatoms. The van der Waals surface area contributed by atoms with E-state index in [0.29, 0.717) is 23.0 Å². The molecule has 0 aliphatic carbocycles. The van der Waals surface area contributed by atoms with Crippen LogP contribution in [0.4, 0.5) is 0 Å². The standard InChI is InChI=1S/C25H37NO3/c1-2-3-4-5-6-7-8-9-10-11-12-13-14-19-22-23(25(28)29)24(27)20-17-15-16-18-21(20)26-22/h15-18H,2-14,19H2,1H3,(H,26,27)(H,28,29). The topological polar surface area (TPSA) is 70.2 Å². The number of pyridine rings is 1. The SMILES string of the molecule is CCCCCCCCCCCCCCCc1[nH]c2ccccc2c(=O)c1C(=O)O. The molecule has 29 heavy (non-hydrogen) atoms. The molecule has 2 aromatic rings. The second-order valence-corrected chi connectivity index (χ2v) is 8.15. The van der Waals surface area contributed by atoms with E-state index in [-0.39, 0.29) is 11.0 Å². The molecule has 0 aliphatic rings. The van der Waals surface area contributed by atoms with Crippen LogP contribution in [0.25, 0.3) is 10.9 Å². The largest absolute Gasteiger partial charge is 0.477 e. The zero-order valence-corrected chi connectivity index (χ0v) is 18.0. The van der Waals surface area contributed by atoms with E-state index < -0.39 is 5.97 Å². The number of aromatic nitrogens is 1. The van der Waals surface area contributed by atoms with Crippen LogP contribution in [-0.2, 0) is 6.42 Å². The number of aromatic carboxylic acids is 1. The Bertz CT molecular complexity index is 809. The second-order valence-electron chi connectivity index (χ2n) is 8.15. The van der Waals surface area contributed by atoms with Gasteiger partial charge in [-0.15, -0.1) is 0 Å². The first-order valence-corrected chi connectivity index (χ1v) is 11.5. The predicted octanol–water partition coefficient (Wildman–Crippen LogP) is 6.86. The molecule has 2 rings (SSSR count). The number of H-pyrrole nitrogens is 1. The third-order valence-corrected chi connectivity index (χ3v) is 5.73. The van der Waals surface area contributed by atoms with Gasteiger partial charge in [-0.25, -0.2) is 4.79 Å². The van der Waals surface area contributed by atoms with Crippen LogP contribution in [-0.4, -0.2) is 16.1 Å². The maximum absolute atomic E-state index is 12.5. The highest BCUT2D eigenvalue weighted by molar-refractivity contribution is 5.93. The summed E-state index contributed by atoms with van der Waals surface area (Å²) >= 11 is 0. The van der Waals surface area contributed by atoms with Gasteiger partial charge in [0, 0.05) is 16.6 Å². The van der Waals surface area contributed by atoms with Crippen LogP contribution in [0.15, 0.2) is 29.1 Å². The van der Waals surface area contributed by atoms with Gasteiger partial charge in [-0.3, -0.25) is 4.79 Å². The van der Waals surface area contributed by atoms with Crippen molar-refractivity contribution in [3.63, 3.8) is 0 Å². The second kappa shape index (κ2) is 13.2. The van der Waals surface area contributed by atoms with Crippen molar-refractivity contribution in [1.29, 1.82) is 0 Å². The van der Waals surface area contributed by atoms with Crippen molar-refractivity contribution in [2.24, 2.45) is 0 Å². The first kappa shape index (κ1) is 23.2. The fourth-order valence-corrected chi connectivity index (χ4v) is 4.02. The number of carboxylic acids is 1. The first-order chi connectivity index (χ1) is 14.1. The van der Waals surface area contributed by atoms with Crippen LogP contribution >= 0.6 is 0 Å². The van der Waals surface area contributed by atoms with Gasteiger partial charge < -0.3 is 10.1 Å². The van der Waals surface area contributed by atoms with Crippen LogP contribution in [0.2, 0.25) is 0 Å². The number of aromatic amines is 1. The van der Waals surface area contributed by atoms with E-state index in [0.717, 1.165) is 12.8 Å². The maximum atomic E-state index is 12.5. The quantitative estimate of drug-likeness (QED) is 0.321. The summed E-state index contributed by atoms with van der Waals surface area (Å²) in [6.45, 7) is 2.26. The molecule has 0 fully saturated rings. The van der Waals surface area contributed by atoms with Gasteiger partial charge in [0.2, 0.25) is 5.43 Å². The fourth-order valence-electron chi connectivity index (χ4n) is 4.02. The Hall–Kier alpha value is -2.10. The summed E-state index contributed by atoms with van der Waals surface area (Å²) in [5, 5.41) is 9.93. The molecule has 0 saturated carbocycles. The van der Waals surface area contributed by atoms with E-state index in [9.17, 15) is 14.7 Å². The summed E-state index contributed by atoms with van der Waals surface area (Å²) < 4.78 is 0. The van der Waals surface area contributed by atoms with E-state index >= 15 is 0 Å². The van der Waals surface area contributed by atoms with Gasteiger partial charge in [0.25, 0.3) is 0 Å². The number of para-hydroxylation sites is 1. The summed E-state index contributed by atoms with van der Waals surface area (Å²) in [4.78, 5) is 27.3. The van der Waals surface area contributed by atoms with E-state index in [1.54, 1.807) is 12.1 Å². The Morgan fingerprint density at radius 1 is 0.828 bits per heavy atom.